The summed E-state index contributed by atoms with van der Waals surface area (Å²) >= 11 is 13.0. The quantitative estimate of drug-likeness (QED) is 0.374. The van der Waals surface area contributed by atoms with E-state index in [2.05, 4.69) is 15.1 Å². The number of benzene rings is 1. The zero-order valence-corrected chi connectivity index (χ0v) is 21.0. The third-order valence-electron chi connectivity index (χ3n) is 4.37. The maximum absolute atomic E-state index is 12.8. The van der Waals surface area contributed by atoms with E-state index in [4.69, 9.17) is 27.7 Å². The predicted octanol–water partition coefficient (Wildman–Crippen LogP) is 4.32. The number of hydrogen-bond acceptors (Lipinski definition) is 9. The lowest BCUT2D eigenvalue weighted by Crippen LogP contribution is -2.43. The molecular weight excluding hydrogens is 560 g/mol. The van der Waals surface area contributed by atoms with E-state index in [1.165, 1.54) is 18.6 Å². The monoisotopic (exact) mass is 574 g/mol. The Labute approximate surface area is 209 Å². The van der Waals surface area contributed by atoms with Crippen LogP contribution in [0.4, 0.5) is 13.2 Å². The van der Waals surface area contributed by atoms with Gasteiger partial charge in [-0.15, -0.1) is 11.3 Å². The first-order valence-electron chi connectivity index (χ1n) is 9.32. The van der Waals surface area contributed by atoms with Gasteiger partial charge >= 0.3 is 12.1 Å². The molecule has 1 aromatic carbocycles. The van der Waals surface area contributed by atoms with Crippen LogP contribution in [0.1, 0.15) is 37.2 Å². The minimum atomic E-state index is -4.85. The fourth-order valence-corrected chi connectivity index (χ4v) is 5.75. The normalized spacial score (nSPS) is 13.7. The molecule has 1 atom stereocenters. The van der Waals surface area contributed by atoms with Crippen molar-refractivity contribution in [3.8, 4) is 21.3 Å². The number of aromatic nitrogens is 3. The molecule has 35 heavy (non-hydrogen) atoms. The molecule has 190 valence electrons. The van der Waals surface area contributed by atoms with Crippen LogP contribution in [0.2, 0.25) is 10.0 Å². The highest BCUT2D eigenvalue weighted by atomic mass is 35.5. The van der Waals surface area contributed by atoms with Crippen molar-refractivity contribution in [3.63, 3.8) is 0 Å². The Morgan fingerprint density at radius 3 is 2.34 bits per heavy atom. The molecule has 0 aliphatic carbocycles. The fourth-order valence-electron chi connectivity index (χ4n) is 2.58. The van der Waals surface area contributed by atoms with Crippen molar-refractivity contribution in [3.05, 3.63) is 33.8 Å². The van der Waals surface area contributed by atoms with E-state index >= 15 is 0 Å². The third kappa shape index (κ3) is 5.59. The Hall–Kier alpha value is -2.30. The molecule has 2 heterocycles. The van der Waals surface area contributed by atoms with E-state index in [1.807, 2.05) is 0 Å². The minimum Gasteiger partial charge on any atom is -0.476 e. The van der Waals surface area contributed by atoms with E-state index in [0.717, 1.165) is 23.5 Å². The zero-order chi connectivity index (χ0) is 26.5. The highest BCUT2D eigenvalue weighted by molar-refractivity contribution is 7.89. The molecule has 0 spiro atoms. The Balaban J connectivity index is 2.08. The van der Waals surface area contributed by atoms with Gasteiger partial charge in [0.05, 0.1) is 14.9 Å². The van der Waals surface area contributed by atoms with Crippen LogP contribution in [0.15, 0.2) is 21.6 Å². The SMILES string of the molecule is CC(NS(=O)(=O)c1ccc(-c2sc(-c3noc(C(C)(C)O)n3)nc2C(=O)O)c(Cl)c1Cl)C(F)(F)F. The van der Waals surface area contributed by atoms with E-state index in [0.29, 0.717) is 6.92 Å². The van der Waals surface area contributed by atoms with Crippen LogP contribution in [0.3, 0.4) is 0 Å². The lowest BCUT2D eigenvalue weighted by Gasteiger charge is -2.18. The summed E-state index contributed by atoms with van der Waals surface area (Å²) in [6, 6.07) is -0.433. The van der Waals surface area contributed by atoms with Crippen molar-refractivity contribution >= 4 is 50.5 Å². The van der Waals surface area contributed by atoms with Gasteiger partial charge < -0.3 is 14.7 Å². The van der Waals surface area contributed by atoms with Gasteiger partial charge in [0.1, 0.15) is 16.5 Å². The number of nitrogens with zero attached hydrogens (tertiary/aromatic N) is 3. The van der Waals surface area contributed by atoms with Crippen molar-refractivity contribution in [2.45, 2.75) is 43.5 Å². The largest absolute Gasteiger partial charge is 0.476 e. The Morgan fingerprint density at radius 2 is 1.83 bits per heavy atom. The average Bonchev–Trinajstić information content (AvgIpc) is 3.35. The molecule has 0 bridgehead atoms. The molecule has 0 saturated heterocycles. The van der Waals surface area contributed by atoms with Gasteiger partial charge in [0, 0.05) is 5.56 Å². The molecule has 0 fully saturated rings. The first kappa shape index (κ1) is 27.3. The van der Waals surface area contributed by atoms with Crippen molar-refractivity contribution in [1.29, 1.82) is 0 Å². The Bertz CT molecular complexity index is 1400. The topological polar surface area (TPSA) is 156 Å². The smallest absolute Gasteiger partial charge is 0.404 e. The molecule has 0 saturated carbocycles. The number of carbonyl (C=O) groups is 1. The first-order chi connectivity index (χ1) is 15.9. The molecule has 0 aliphatic heterocycles. The highest BCUT2D eigenvalue weighted by Crippen LogP contribution is 2.43. The summed E-state index contributed by atoms with van der Waals surface area (Å²) in [4.78, 5) is 18.9. The summed E-state index contributed by atoms with van der Waals surface area (Å²) in [7, 11) is -4.74. The van der Waals surface area contributed by atoms with Gasteiger partial charge in [-0.3, -0.25) is 0 Å². The highest BCUT2D eigenvalue weighted by Gasteiger charge is 2.39. The van der Waals surface area contributed by atoms with Crippen LogP contribution in [0.5, 0.6) is 0 Å². The minimum absolute atomic E-state index is 0.0267. The lowest BCUT2D eigenvalue weighted by molar-refractivity contribution is -0.147. The molecule has 10 nitrogen and oxygen atoms in total. The van der Waals surface area contributed by atoms with Gasteiger partial charge in [-0.1, -0.05) is 34.4 Å². The number of carboxylic acids is 1. The van der Waals surface area contributed by atoms with Crippen molar-refractivity contribution < 1.29 is 41.1 Å². The van der Waals surface area contributed by atoms with Gasteiger partial charge in [-0.2, -0.15) is 22.9 Å². The van der Waals surface area contributed by atoms with Gasteiger partial charge in [-0.05, 0) is 26.8 Å². The molecular formula is C18H15Cl2F3N4O6S2. The first-order valence-corrected chi connectivity index (χ1v) is 12.4. The van der Waals surface area contributed by atoms with Gasteiger partial charge in [0.2, 0.25) is 15.8 Å². The van der Waals surface area contributed by atoms with E-state index in [9.17, 15) is 36.6 Å². The van der Waals surface area contributed by atoms with Crippen LogP contribution in [0, 0.1) is 0 Å². The molecule has 2 aromatic heterocycles. The van der Waals surface area contributed by atoms with Crippen molar-refractivity contribution in [2.75, 3.05) is 0 Å². The maximum Gasteiger partial charge on any atom is 0.404 e. The molecule has 3 rings (SSSR count). The summed E-state index contributed by atoms with van der Waals surface area (Å²) in [5, 5.41) is 22.2. The Kier molecular flexibility index (Phi) is 7.25. The molecule has 3 N–H and O–H groups in total. The summed E-state index contributed by atoms with van der Waals surface area (Å²) in [5.74, 6) is -1.76. The third-order valence-corrected chi connectivity index (χ3v) is 8.04. The predicted molar refractivity (Wildman–Crippen MR) is 119 cm³/mol. The number of nitrogens with one attached hydrogen (secondary N) is 1. The zero-order valence-electron chi connectivity index (χ0n) is 17.8. The number of sulfonamides is 1. The van der Waals surface area contributed by atoms with Crippen molar-refractivity contribution in [2.24, 2.45) is 0 Å². The summed E-state index contributed by atoms with van der Waals surface area (Å²) in [5.41, 5.74) is -2.03. The molecule has 0 radical (unpaired) electrons. The second-order valence-corrected chi connectivity index (χ2v) is 11.0. The van der Waals surface area contributed by atoms with Gasteiger partial charge in [0.15, 0.2) is 10.7 Å². The van der Waals surface area contributed by atoms with Crippen LogP contribution < -0.4 is 4.72 Å². The average molecular weight is 575 g/mol. The molecule has 0 amide bonds. The summed E-state index contributed by atoms with van der Waals surface area (Å²) in [6.07, 6.45) is -4.85. The number of aromatic carboxylic acids is 1. The molecule has 0 aliphatic rings. The van der Waals surface area contributed by atoms with Gasteiger partial charge in [0.25, 0.3) is 5.89 Å². The molecule has 1 unspecified atom stereocenters. The van der Waals surface area contributed by atoms with Crippen molar-refractivity contribution in [1.82, 2.24) is 19.8 Å². The second-order valence-electron chi connectivity index (χ2n) is 7.61. The number of alkyl halides is 3. The van der Waals surface area contributed by atoms with Crippen LogP contribution >= 0.6 is 34.5 Å². The fraction of sp³-hybridized carbons (Fsp3) is 0.333. The van der Waals surface area contributed by atoms with E-state index in [-0.39, 0.29) is 27.2 Å². The number of hydrogen-bond donors (Lipinski definition) is 3. The van der Waals surface area contributed by atoms with Crippen LogP contribution in [-0.2, 0) is 15.6 Å². The summed E-state index contributed by atoms with van der Waals surface area (Å²) < 4.78 is 69.8. The second kappa shape index (κ2) is 9.29. The van der Waals surface area contributed by atoms with Crippen LogP contribution in [0.25, 0.3) is 21.3 Å². The number of carboxylic acid groups (broad SMARTS) is 1. The summed E-state index contributed by atoms with van der Waals surface area (Å²) in [6.45, 7) is 3.39. The number of thiazole rings is 1. The number of rotatable bonds is 7. The number of aliphatic hydroxyl groups is 1. The standard InChI is InChI=1S/C18H15Cl2F3N4O6S2/c1-6(18(21,22)23)27-35(31,32)8-5-4-7(9(19)10(8)20)12-11(15(28)29)24-14(34-12)13-25-16(33-26-13)17(2,3)30/h4-6,27,30H,1-3H3,(H,28,29). The van der Waals surface area contributed by atoms with E-state index < -0.39 is 54.4 Å². The van der Waals surface area contributed by atoms with Gasteiger partial charge in [-0.25, -0.2) is 18.2 Å². The maximum atomic E-state index is 12.8. The number of halogens is 5. The van der Waals surface area contributed by atoms with Crippen LogP contribution in [-0.4, -0.2) is 51.9 Å². The molecule has 17 heteroatoms. The van der Waals surface area contributed by atoms with E-state index in [1.54, 1.807) is 0 Å². The Morgan fingerprint density at radius 1 is 1.20 bits per heavy atom. The molecule has 3 aromatic rings. The lowest BCUT2D eigenvalue weighted by atomic mass is 10.1.